The highest BCUT2D eigenvalue weighted by Crippen LogP contribution is 2.21. The first kappa shape index (κ1) is 16.0. The molecule has 2 amide bonds. The molecule has 0 aliphatic carbocycles. The van der Waals surface area contributed by atoms with Gasteiger partial charge in [0.05, 0.1) is 6.54 Å². The van der Waals surface area contributed by atoms with Crippen LogP contribution >= 0.6 is 15.9 Å². The molecule has 1 aromatic carbocycles. The Kier molecular flexibility index (Phi) is 5.82. The second-order valence-electron chi connectivity index (χ2n) is 4.61. The SMILES string of the molecule is CCN(CC)C(=O)NCC(C)(O)c1ccc(Br)cc1. The lowest BCUT2D eigenvalue weighted by atomic mass is 9.96. The largest absolute Gasteiger partial charge is 0.384 e. The van der Waals surface area contributed by atoms with Crippen LogP contribution in [0.15, 0.2) is 28.7 Å². The average Bonchev–Trinajstić information content (AvgIpc) is 2.38. The average molecular weight is 329 g/mol. The molecule has 0 spiro atoms. The molecule has 5 heteroatoms. The zero-order chi connectivity index (χ0) is 14.5. The smallest absolute Gasteiger partial charge is 0.317 e. The third kappa shape index (κ3) is 4.51. The summed E-state index contributed by atoms with van der Waals surface area (Å²) in [5.74, 6) is 0. The van der Waals surface area contributed by atoms with Crippen LogP contribution < -0.4 is 5.32 Å². The van der Waals surface area contributed by atoms with Crippen LogP contribution in [0.25, 0.3) is 0 Å². The Morgan fingerprint density at radius 3 is 2.32 bits per heavy atom. The summed E-state index contributed by atoms with van der Waals surface area (Å²) < 4.78 is 0.958. The number of carbonyl (C=O) groups is 1. The number of hydrogen-bond acceptors (Lipinski definition) is 2. The predicted molar refractivity (Wildman–Crippen MR) is 80.0 cm³/mol. The Hall–Kier alpha value is -1.07. The molecule has 19 heavy (non-hydrogen) atoms. The molecule has 1 atom stereocenters. The van der Waals surface area contributed by atoms with Crippen LogP contribution in [0.4, 0.5) is 4.79 Å². The van der Waals surface area contributed by atoms with E-state index in [1.807, 2.05) is 38.1 Å². The zero-order valence-electron chi connectivity index (χ0n) is 11.6. The molecule has 0 aliphatic heterocycles. The molecule has 0 aromatic heterocycles. The summed E-state index contributed by atoms with van der Waals surface area (Å²) in [6, 6.07) is 7.27. The van der Waals surface area contributed by atoms with Crippen LogP contribution in [0.2, 0.25) is 0 Å². The van der Waals surface area contributed by atoms with Crippen molar-refractivity contribution in [3.05, 3.63) is 34.3 Å². The molecule has 0 aliphatic rings. The van der Waals surface area contributed by atoms with Crippen LogP contribution in [-0.2, 0) is 5.60 Å². The van der Waals surface area contributed by atoms with E-state index in [2.05, 4.69) is 21.2 Å². The normalized spacial score (nSPS) is 13.7. The van der Waals surface area contributed by atoms with Gasteiger partial charge in [0, 0.05) is 17.6 Å². The fourth-order valence-corrected chi connectivity index (χ4v) is 2.05. The van der Waals surface area contributed by atoms with Gasteiger partial charge in [-0.05, 0) is 38.5 Å². The lowest BCUT2D eigenvalue weighted by Crippen LogP contribution is -2.45. The summed E-state index contributed by atoms with van der Waals surface area (Å²) >= 11 is 3.35. The van der Waals surface area contributed by atoms with Gasteiger partial charge in [0.25, 0.3) is 0 Å². The molecule has 0 fully saturated rings. The third-order valence-corrected chi connectivity index (χ3v) is 3.63. The van der Waals surface area contributed by atoms with Gasteiger partial charge in [-0.25, -0.2) is 4.79 Å². The second-order valence-corrected chi connectivity index (χ2v) is 5.53. The number of hydrogen-bond donors (Lipinski definition) is 2. The Labute approximate surface area is 122 Å². The zero-order valence-corrected chi connectivity index (χ0v) is 13.2. The number of amides is 2. The maximum absolute atomic E-state index is 11.8. The number of aliphatic hydroxyl groups is 1. The lowest BCUT2D eigenvalue weighted by Gasteiger charge is -2.26. The van der Waals surface area contributed by atoms with Crippen molar-refractivity contribution < 1.29 is 9.90 Å². The summed E-state index contributed by atoms with van der Waals surface area (Å²) in [4.78, 5) is 13.5. The standard InChI is InChI=1S/C14H21BrN2O2/c1-4-17(5-2)13(18)16-10-14(3,19)11-6-8-12(15)9-7-11/h6-9,19H,4-5,10H2,1-3H3,(H,16,18). The van der Waals surface area contributed by atoms with E-state index in [-0.39, 0.29) is 12.6 Å². The molecule has 0 heterocycles. The summed E-state index contributed by atoms with van der Waals surface area (Å²) in [5, 5.41) is 13.2. The molecular formula is C14H21BrN2O2. The highest BCUT2D eigenvalue weighted by atomic mass is 79.9. The number of nitrogens with one attached hydrogen (secondary N) is 1. The molecule has 1 aromatic rings. The molecule has 1 unspecified atom stereocenters. The number of nitrogens with zero attached hydrogens (tertiary/aromatic N) is 1. The van der Waals surface area contributed by atoms with E-state index in [1.54, 1.807) is 11.8 Å². The van der Waals surface area contributed by atoms with Gasteiger partial charge in [-0.2, -0.15) is 0 Å². The maximum Gasteiger partial charge on any atom is 0.317 e. The van der Waals surface area contributed by atoms with Crippen molar-refractivity contribution in [2.75, 3.05) is 19.6 Å². The monoisotopic (exact) mass is 328 g/mol. The molecule has 0 saturated heterocycles. The van der Waals surface area contributed by atoms with Gasteiger partial charge < -0.3 is 15.3 Å². The lowest BCUT2D eigenvalue weighted by molar-refractivity contribution is 0.0577. The van der Waals surface area contributed by atoms with E-state index in [4.69, 9.17) is 0 Å². The summed E-state index contributed by atoms with van der Waals surface area (Å²) in [6.45, 7) is 7.04. The van der Waals surface area contributed by atoms with Gasteiger partial charge in [0.2, 0.25) is 0 Å². The molecule has 0 saturated carbocycles. The van der Waals surface area contributed by atoms with Gasteiger partial charge in [-0.3, -0.25) is 0 Å². The van der Waals surface area contributed by atoms with Crippen LogP contribution in [0.3, 0.4) is 0 Å². The second kappa shape index (κ2) is 6.91. The van der Waals surface area contributed by atoms with Crippen molar-refractivity contribution in [3.8, 4) is 0 Å². The molecule has 0 bridgehead atoms. The van der Waals surface area contributed by atoms with Gasteiger partial charge in [0.15, 0.2) is 0 Å². The van der Waals surface area contributed by atoms with E-state index in [1.165, 1.54) is 0 Å². The van der Waals surface area contributed by atoms with Gasteiger partial charge >= 0.3 is 6.03 Å². The fraction of sp³-hybridized carbons (Fsp3) is 0.500. The minimum atomic E-state index is -1.08. The number of urea groups is 1. The minimum absolute atomic E-state index is 0.151. The topological polar surface area (TPSA) is 52.6 Å². The van der Waals surface area contributed by atoms with Crippen LogP contribution in [0.5, 0.6) is 0 Å². The van der Waals surface area contributed by atoms with Crippen molar-refractivity contribution in [1.29, 1.82) is 0 Å². The fourth-order valence-electron chi connectivity index (χ4n) is 1.78. The first-order chi connectivity index (χ1) is 8.90. The van der Waals surface area contributed by atoms with Crippen molar-refractivity contribution in [2.24, 2.45) is 0 Å². The number of carbonyl (C=O) groups excluding carboxylic acids is 1. The number of rotatable bonds is 5. The Bertz CT molecular complexity index is 414. The van der Waals surface area contributed by atoms with Gasteiger partial charge in [-0.15, -0.1) is 0 Å². The third-order valence-electron chi connectivity index (χ3n) is 3.10. The predicted octanol–water partition coefficient (Wildman–Crippen LogP) is 2.71. The van der Waals surface area contributed by atoms with Gasteiger partial charge in [-0.1, -0.05) is 28.1 Å². The number of halogens is 1. The van der Waals surface area contributed by atoms with Crippen molar-refractivity contribution in [2.45, 2.75) is 26.4 Å². The van der Waals surface area contributed by atoms with Crippen LogP contribution in [-0.4, -0.2) is 35.7 Å². The van der Waals surface area contributed by atoms with E-state index >= 15 is 0 Å². The van der Waals surface area contributed by atoms with E-state index in [0.717, 1.165) is 10.0 Å². The summed E-state index contributed by atoms with van der Waals surface area (Å²) in [7, 11) is 0. The summed E-state index contributed by atoms with van der Waals surface area (Å²) in [5.41, 5.74) is -0.306. The highest BCUT2D eigenvalue weighted by molar-refractivity contribution is 9.10. The van der Waals surface area contributed by atoms with E-state index in [0.29, 0.717) is 13.1 Å². The Morgan fingerprint density at radius 1 is 1.32 bits per heavy atom. The molecule has 0 radical (unpaired) electrons. The molecule has 2 N–H and O–H groups in total. The first-order valence-electron chi connectivity index (χ1n) is 6.42. The van der Waals surface area contributed by atoms with E-state index < -0.39 is 5.60 Å². The van der Waals surface area contributed by atoms with Crippen molar-refractivity contribution in [1.82, 2.24) is 10.2 Å². The van der Waals surface area contributed by atoms with Crippen LogP contribution in [0.1, 0.15) is 26.3 Å². The first-order valence-corrected chi connectivity index (χ1v) is 7.21. The Balaban J connectivity index is 2.65. The maximum atomic E-state index is 11.8. The van der Waals surface area contributed by atoms with Crippen molar-refractivity contribution in [3.63, 3.8) is 0 Å². The minimum Gasteiger partial charge on any atom is -0.384 e. The van der Waals surface area contributed by atoms with Crippen LogP contribution in [0, 0.1) is 0 Å². The molecule has 4 nitrogen and oxygen atoms in total. The molecular weight excluding hydrogens is 308 g/mol. The quantitative estimate of drug-likeness (QED) is 0.873. The summed E-state index contributed by atoms with van der Waals surface area (Å²) in [6.07, 6.45) is 0. The molecule has 1 rings (SSSR count). The van der Waals surface area contributed by atoms with Gasteiger partial charge in [0.1, 0.15) is 5.60 Å². The number of benzene rings is 1. The van der Waals surface area contributed by atoms with Crippen molar-refractivity contribution >= 4 is 22.0 Å². The highest BCUT2D eigenvalue weighted by Gasteiger charge is 2.24. The Morgan fingerprint density at radius 2 is 1.84 bits per heavy atom. The van der Waals surface area contributed by atoms with E-state index in [9.17, 15) is 9.90 Å². The molecule has 106 valence electrons.